The Morgan fingerprint density at radius 1 is 1.39 bits per heavy atom. The van der Waals surface area contributed by atoms with Gasteiger partial charge in [-0.15, -0.1) is 0 Å². The first kappa shape index (κ1) is 13.7. The summed E-state index contributed by atoms with van der Waals surface area (Å²) in [5, 5.41) is 0.800. The quantitative estimate of drug-likeness (QED) is 0.911. The van der Waals surface area contributed by atoms with E-state index >= 15 is 0 Å². The summed E-state index contributed by atoms with van der Waals surface area (Å²) in [6.45, 7) is 5.07. The molecule has 1 aromatic carbocycles. The molecular formula is C14H22ClN3. The molecule has 0 aliphatic carbocycles. The van der Waals surface area contributed by atoms with E-state index in [1.165, 1.54) is 5.69 Å². The Balaban J connectivity index is 2.14. The molecule has 0 amide bonds. The minimum absolute atomic E-state index is 0.526. The average Bonchev–Trinajstić information content (AvgIpc) is 2.35. The van der Waals surface area contributed by atoms with Crippen molar-refractivity contribution in [3.05, 3.63) is 29.3 Å². The number of hydrogen-bond acceptors (Lipinski definition) is 3. The Bertz CT molecular complexity index is 396. The molecule has 18 heavy (non-hydrogen) atoms. The lowest BCUT2D eigenvalue weighted by molar-refractivity contribution is 0.152. The zero-order valence-electron chi connectivity index (χ0n) is 11.1. The van der Waals surface area contributed by atoms with Crippen molar-refractivity contribution in [3.63, 3.8) is 0 Å². The molecule has 0 radical (unpaired) electrons. The third-order valence-electron chi connectivity index (χ3n) is 3.86. The van der Waals surface area contributed by atoms with E-state index in [1.807, 2.05) is 18.2 Å². The highest BCUT2D eigenvalue weighted by atomic mass is 35.5. The van der Waals surface area contributed by atoms with Crippen LogP contribution in [0.25, 0.3) is 0 Å². The van der Waals surface area contributed by atoms with Gasteiger partial charge in [-0.1, -0.05) is 17.7 Å². The van der Waals surface area contributed by atoms with Gasteiger partial charge in [-0.2, -0.15) is 0 Å². The van der Waals surface area contributed by atoms with Crippen LogP contribution in [-0.4, -0.2) is 43.7 Å². The van der Waals surface area contributed by atoms with Crippen molar-refractivity contribution in [3.8, 4) is 0 Å². The van der Waals surface area contributed by atoms with E-state index in [-0.39, 0.29) is 0 Å². The SMILES string of the molecule is CC1CN(c2cccc(Cl)c2)CC(CCN)N1C. The van der Waals surface area contributed by atoms with Gasteiger partial charge in [0.05, 0.1) is 0 Å². The van der Waals surface area contributed by atoms with Gasteiger partial charge in [-0.3, -0.25) is 4.90 Å². The third-order valence-corrected chi connectivity index (χ3v) is 4.10. The molecule has 0 bridgehead atoms. The second-order valence-corrected chi connectivity index (χ2v) is 5.57. The maximum absolute atomic E-state index is 6.07. The van der Waals surface area contributed by atoms with Gasteiger partial charge < -0.3 is 10.6 Å². The number of piperazine rings is 1. The van der Waals surface area contributed by atoms with Crippen molar-refractivity contribution in [2.24, 2.45) is 5.73 Å². The summed E-state index contributed by atoms with van der Waals surface area (Å²) in [6.07, 6.45) is 1.04. The monoisotopic (exact) mass is 267 g/mol. The number of hydrogen-bond donors (Lipinski definition) is 1. The maximum atomic E-state index is 6.07. The van der Waals surface area contributed by atoms with Crippen LogP contribution >= 0.6 is 11.6 Å². The summed E-state index contributed by atoms with van der Waals surface area (Å²) < 4.78 is 0. The molecule has 1 fully saturated rings. The van der Waals surface area contributed by atoms with Crippen LogP contribution < -0.4 is 10.6 Å². The van der Waals surface area contributed by atoms with Crippen LogP contribution in [0.2, 0.25) is 5.02 Å². The fraction of sp³-hybridized carbons (Fsp3) is 0.571. The van der Waals surface area contributed by atoms with E-state index in [0.29, 0.717) is 12.1 Å². The average molecular weight is 268 g/mol. The summed E-state index contributed by atoms with van der Waals surface area (Å²) in [5.41, 5.74) is 6.92. The van der Waals surface area contributed by atoms with Gasteiger partial charge in [0.2, 0.25) is 0 Å². The van der Waals surface area contributed by atoms with Crippen LogP contribution in [0.15, 0.2) is 24.3 Å². The lowest BCUT2D eigenvalue weighted by Crippen LogP contribution is -2.56. The summed E-state index contributed by atoms with van der Waals surface area (Å²) in [7, 11) is 2.19. The van der Waals surface area contributed by atoms with Crippen molar-refractivity contribution >= 4 is 17.3 Å². The molecular weight excluding hydrogens is 246 g/mol. The lowest BCUT2D eigenvalue weighted by Gasteiger charge is -2.45. The second-order valence-electron chi connectivity index (χ2n) is 5.13. The molecule has 0 spiro atoms. The van der Waals surface area contributed by atoms with Gasteiger partial charge in [0.25, 0.3) is 0 Å². The Morgan fingerprint density at radius 2 is 2.17 bits per heavy atom. The fourth-order valence-electron chi connectivity index (χ4n) is 2.64. The Hall–Kier alpha value is -0.770. The van der Waals surface area contributed by atoms with Gasteiger partial charge >= 0.3 is 0 Å². The molecule has 0 saturated carbocycles. The van der Waals surface area contributed by atoms with Crippen LogP contribution in [0.1, 0.15) is 13.3 Å². The van der Waals surface area contributed by atoms with Crippen molar-refractivity contribution in [2.75, 3.05) is 31.6 Å². The molecule has 2 N–H and O–H groups in total. The second kappa shape index (κ2) is 5.91. The van der Waals surface area contributed by atoms with Crippen molar-refractivity contribution in [1.29, 1.82) is 0 Å². The first-order chi connectivity index (χ1) is 8.61. The zero-order valence-corrected chi connectivity index (χ0v) is 11.9. The molecule has 0 aromatic heterocycles. The number of halogens is 1. The Kier molecular flexibility index (Phi) is 4.49. The van der Waals surface area contributed by atoms with Crippen LogP contribution in [0.4, 0.5) is 5.69 Å². The van der Waals surface area contributed by atoms with Crippen molar-refractivity contribution in [1.82, 2.24) is 4.90 Å². The van der Waals surface area contributed by atoms with Gasteiger partial charge in [0, 0.05) is 35.9 Å². The van der Waals surface area contributed by atoms with Gasteiger partial charge in [0.1, 0.15) is 0 Å². The number of nitrogens with zero attached hydrogens (tertiary/aromatic N) is 2. The normalized spacial score (nSPS) is 25.4. The van der Waals surface area contributed by atoms with Crippen molar-refractivity contribution in [2.45, 2.75) is 25.4 Å². The largest absolute Gasteiger partial charge is 0.368 e. The summed E-state index contributed by atoms with van der Waals surface area (Å²) in [5.74, 6) is 0. The molecule has 4 heteroatoms. The topological polar surface area (TPSA) is 32.5 Å². The molecule has 1 aliphatic rings. The number of benzene rings is 1. The molecule has 2 unspecified atom stereocenters. The summed E-state index contributed by atoms with van der Waals surface area (Å²) in [4.78, 5) is 4.85. The summed E-state index contributed by atoms with van der Waals surface area (Å²) >= 11 is 6.07. The van der Waals surface area contributed by atoms with E-state index in [2.05, 4.69) is 29.8 Å². The van der Waals surface area contributed by atoms with E-state index in [0.717, 1.165) is 31.1 Å². The number of likely N-dealkylation sites (N-methyl/N-ethyl adjacent to an activating group) is 1. The van der Waals surface area contributed by atoms with Crippen LogP contribution in [0.5, 0.6) is 0 Å². The first-order valence-electron chi connectivity index (χ1n) is 6.54. The number of nitrogens with two attached hydrogens (primary N) is 1. The molecule has 2 atom stereocenters. The Morgan fingerprint density at radius 3 is 2.83 bits per heavy atom. The maximum Gasteiger partial charge on any atom is 0.0426 e. The predicted octanol–water partition coefficient (Wildman–Crippen LogP) is 2.20. The molecule has 1 aliphatic heterocycles. The van der Waals surface area contributed by atoms with Crippen LogP contribution in [0, 0.1) is 0 Å². The van der Waals surface area contributed by atoms with E-state index in [4.69, 9.17) is 17.3 Å². The van der Waals surface area contributed by atoms with Gasteiger partial charge in [0.15, 0.2) is 0 Å². The van der Waals surface area contributed by atoms with Crippen LogP contribution in [-0.2, 0) is 0 Å². The molecule has 3 nitrogen and oxygen atoms in total. The summed E-state index contributed by atoms with van der Waals surface area (Å²) in [6, 6.07) is 9.16. The predicted molar refractivity (Wildman–Crippen MR) is 78.3 cm³/mol. The number of anilines is 1. The number of rotatable bonds is 3. The molecule has 2 rings (SSSR count). The van der Waals surface area contributed by atoms with Gasteiger partial charge in [-0.25, -0.2) is 0 Å². The highest BCUT2D eigenvalue weighted by molar-refractivity contribution is 6.30. The van der Waals surface area contributed by atoms with Crippen LogP contribution in [0.3, 0.4) is 0 Å². The first-order valence-corrected chi connectivity index (χ1v) is 6.92. The fourth-order valence-corrected chi connectivity index (χ4v) is 2.82. The molecule has 1 aromatic rings. The highest BCUT2D eigenvalue weighted by Crippen LogP contribution is 2.24. The molecule has 1 heterocycles. The smallest absolute Gasteiger partial charge is 0.0426 e. The zero-order chi connectivity index (χ0) is 13.1. The minimum atomic E-state index is 0.526. The standard InChI is InChI=1S/C14H22ClN3/c1-11-9-18(10-14(6-7-16)17(11)2)13-5-3-4-12(15)8-13/h3-5,8,11,14H,6-7,9-10,16H2,1-2H3. The van der Waals surface area contributed by atoms with E-state index < -0.39 is 0 Å². The Labute approximate surface area is 115 Å². The minimum Gasteiger partial charge on any atom is -0.368 e. The highest BCUT2D eigenvalue weighted by Gasteiger charge is 2.28. The van der Waals surface area contributed by atoms with E-state index in [1.54, 1.807) is 0 Å². The van der Waals surface area contributed by atoms with Gasteiger partial charge in [-0.05, 0) is 45.1 Å². The van der Waals surface area contributed by atoms with Crippen molar-refractivity contribution < 1.29 is 0 Å². The molecule has 100 valence electrons. The lowest BCUT2D eigenvalue weighted by atomic mass is 10.0. The molecule has 1 saturated heterocycles. The third kappa shape index (κ3) is 2.97. The van der Waals surface area contributed by atoms with E-state index in [9.17, 15) is 0 Å².